The number of nitrogens with zero attached hydrogens (tertiary/aromatic N) is 2. The lowest BCUT2D eigenvalue weighted by Gasteiger charge is -2.09. The molecule has 1 aromatic heterocycles. The molecule has 0 saturated heterocycles. The molecule has 0 aliphatic rings. The Balaban J connectivity index is 2.15. The van der Waals surface area contributed by atoms with Gasteiger partial charge in [0.1, 0.15) is 5.75 Å². The summed E-state index contributed by atoms with van der Waals surface area (Å²) in [5.74, 6) is 0.426. The van der Waals surface area contributed by atoms with Crippen molar-refractivity contribution in [2.75, 3.05) is 19.0 Å². The molecule has 112 valence electrons. The van der Waals surface area contributed by atoms with Gasteiger partial charge in [0.25, 0.3) is 5.91 Å². The van der Waals surface area contributed by atoms with Crippen LogP contribution in [-0.4, -0.2) is 29.3 Å². The first-order valence-corrected chi connectivity index (χ1v) is 6.84. The van der Waals surface area contributed by atoms with Gasteiger partial charge < -0.3 is 15.8 Å². The van der Waals surface area contributed by atoms with Crippen LogP contribution in [0, 0.1) is 6.92 Å². The third-order valence-electron chi connectivity index (χ3n) is 3.28. The Labute approximate surface area is 123 Å². The molecular weight excluding hydrogens is 268 g/mol. The molecule has 6 nitrogen and oxygen atoms in total. The van der Waals surface area contributed by atoms with Crippen LogP contribution in [0.15, 0.2) is 30.5 Å². The predicted octanol–water partition coefficient (Wildman–Crippen LogP) is 1.80. The molecule has 6 heteroatoms. The summed E-state index contributed by atoms with van der Waals surface area (Å²) in [4.78, 5) is 12.3. The number of aryl methyl sites for hydroxylation is 1. The molecule has 3 N–H and O–H groups in total. The van der Waals surface area contributed by atoms with Crippen LogP contribution in [0.4, 0.5) is 5.69 Å². The number of ether oxygens (including phenoxy) is 1. The van der Waals surface area contributed by atoms with E-state index < -0.39 is 0 Å². The second-order valence-corrected chi connectivity index (χ2v) is 4.66. The van der Waals surface area contributed by atoms with Crippen LogP contribution in [0.3, 0.4) is 0 Å². The van der Waals surface area contributed by atoms with Gasteiger partial charge in [-0.25, -0.2) is 0 Å². The standard InChI is InChI=1S/C15H20N4O2/c1-11-12(10-17-19(11)9-5-8-16)15(20)18-13-6-3-4-7-14(13)21-2/h3-4,6-7,10H,5,8-9,16H2,1-2H3,(H,18,20). The molecule has 0 bridgehead atoms. The van der Waals surface area contributed by atoms with Crippen LogP contribution in [0.25, 0.3) is 0 Å². The minimum absolute atomic E-state index is 0.198. The van der Waals surface area contributed by atoms with E-state index in [1.807, 2.05) is 19.1 Å². The van der Waals surface area contributed by atoms with E-state index >= 15 is 0 Å². The number of hydrogen-bond donors (Lipinski definition) is 2. The van der Waals surface area contributed by atoms with E-state index in [-0.39, 0.29) is 5.91 Å². The maximum absolute atomic E-state index is 12.3. The van der Waals surface area contributed by atoms with Crippen LogP contribution in [0.5, 0.6) is 5.75 Å². The van der Waals surface area contributed by atoms with Gasteiger partial charge in [0.05, 0.1) is 24.6 Å². The number of hydrogen-bond acceptors (Lipinski definition) is 4. The molecule has 0 radical (unpaired) electrons. The molecule has 21 heavy (non-hydrogen) atoms. The lowest BCUT2D eigenvalue weighted by atomic mass is 10.2. The van der Waals surface area contributed by atoms with Crippen LogP contribution < -0.4 is 15.8 Å². The average Bonchev–Trinajstić information content (AvgIpc) is 2.86. The molecule has 0 fully saturated rings. The smallest absolute Gasteiger partial charge is 0.259 e. The summed E-state index contributed by atoms with van der Waals surface area (Å²) < 4.78 is 7.02. The second kappa shape index (κ2) is 6.90. The highest BCUT2D eigenvalue weighted by Crippen LogP contribution is 2.24. The number of carbonyl (C=O) groups is 1. The van der Waals surface area contributed by atoms with Crippen molar-refractivity contribution < 1.29 is 9.53 Å². The fraction of sp³-hybridized carbons (Fsp3) is 0.333. The summed E-state index contributed by atoms with van der Waals surface area (Å²) in [5.41, 5.74) is 7.51. The highest BCUT2D eigenvalue weighted by atomic mass is 16.5. The van der Waals surface area contributed by atoms with Crippen molar-refractivity contribution >= 4 is 11.6 Å². The molecular formula is C15H20N4O2. The Kier molecular flexibility index (Phi) is 4.94. The van der Waals surface area contributed by atoms with Crippen molar-refractivity contribution in [2.24, 2.45) is 5.73 Å². The highest BCUT2D eigenvalue weighted by molar-refractivity contribution is 6.05. The van der Waals surface area contributed by atoms with Gasteiger partial charge in [-0.15, -0.1) is 0 Å². The number of anilines is 1. The molecule has 1 amide bonds. The van der Waals surface area contributed by atoms with Crippen LogP contribution >= 0.6 is 0 Å². The first kappa shape index (κ1) is 15.1. The van der Waals surface area contributed by atoms with Gasteiger partial charge in [-0.3, -0.25) is 9.48 Å². The Morgan fingerprint density at radius 1 is 1.43 bits per heavy atom. The fourth-order valence-corrected chi connectivity index (χ4v) is 2.07. The van der Waals surface area contributed by atoms with E-state index in [0.717, 1.165) is 12.1 Å². The number of para-hydroxylation sites is 2. The summed E-state index contributed by atoms with van der Waals surface area (Å²) in [6.07, 6.45) is 2.41. The van der Waals surface area contributed by atoms with Gasteiger partial charge in [0.15, 0.2) is 0 Å². The van der Waals surface area contributed by atoms with Crippen molar-refractivity contribution in [1.82, 2.24) is 9.78 Å². The number of nitrogens with one attached hydrogen (secondary N) is 1. The van der Waals surface area contributed by atoms with Gasteiger partial charge in [0, 0.05) is 12.2 Å². The minimum atomic E-state index is -0.198. The Morgan fingerprint density at radius 2 is 2.19 bits per heavy atom. The number of methoxy groups -OCH3 is 1. The summed E-state index contributed by atoms with van der Waals surface area (Å²) in [6, 6.07) is 7.29. The zero-order valence-corrected chi connectivity index (χ0v) is 12.3. The molecule has 2 rings (SSSR count). The first-order valence-electron chi connectivity index (χ1n) is 6.84. The molecule has 0 aliphatic heterocycles. The number of rotatable bonds is 6. The number of carbonyl (C=O) groups excluding carboxylic acids is 1. The SMILES string of the molecule is COc1ccccc1NC(=O)c1cnn(CCCN)c1C. The maximum Gasteiger partial charge on any atom is 0.259 e. The third-order valence-corrected chi connectivity index (χ3v) is 3.28. The Hall–Kier alpha value is -2.34. The van der Waals surface area contributed by atoms with Crippen molar-refractivity contribution in [3.63, 3.8) is 0 Å². The normalized spacial score (nSPS) is 10.4. The number of amides is 1. The van der Waals surface area contributed by atoms with Crippen LogP contribution in [0.2, 0.25) is 0 Å². The number of benzene rings is 1. The molecule has 0 saturated carbocycles. The van der Waals surface area contributed by atoms with Gasteiger partial charge in [-0.05, 0) is 32.0 Å². The molecule has 2 aromatic rings. The van der Waals surface area contributed by atoms with E-state index in [4.69, 9.17) is 10.5 Å². The molecule has 0 atom stereocenters. The molecule has 0 spiro atoms. The summed E-state index contributed by atoms with van der Waals surface area (Å²) in [5, 5.41) is 7.07. The van der Waals surface area contributed by atoms with Crippen molar-refractivity contribution in [3.8, 4) is 5.75 Å². The average molecular weight is 288 g/mol. The largest absolute Gasteiger partial charge is 0.495 e. The van der Waals surface area contributed by atoms with Crippen molar-refractivity contribution in [2.45, 2.75) is 19.9 Å². The topological polar surface area (TPSA) is 82.2 Å². The van der Waals surface area contributed by atoms with Gasteiger partial charge in [-0.2, -0.15) is 5.10 Å². The van der Waals surface area contributed by atoms with E-state index in [1.54, 1.807) is 30.1 Å². The molecule has 0 aliphatic carbocycles. The zero-order valence-electron chi connectivity index (χ0n) is 12.3. The maximum atomic E-state index is 12.3. The fourth-order valence-electron chi connectivity index (χ4n) is 2.07. The highest BCUT2D eigenvalue weighted by Gasteiger charge is 2.15. The predicted molar refractivity (Wildman–Crippen MR) is 81.6 cm³/mol. The lowest BCUT2D eigenvalue weighted by molar-refractivity contribution is 0.102. The lowest BCUT2D eigenvalue weighted by Crippen LogP contribution is -2.14. The molecule has 1 aromatic carbocycles. The van der Waals surface area contributed by atoms with Crippen LogP contribution in [-0.2, 0) is 6.54 Å². The van der Waals surface area contributed by atoms with Gasteiger partial charge in [0.2, 0.25) is 0 Å². The second-order valence-electron chi connectivity index (χ2n) is 4.66. The zero-order chi connectivity index (χ0) is 15.2. The summed E-state index contributed by atoms with van der Waals surface area (Å²) in [7, 11) is 1.57. The Bertz CT molecular complexity index is 622. The van der Waals surface area contributed by atoms with Crippen molar-refractivity contribution in [1.29, 1.82) is 0 Å². The van der Waals surface area contributed by atoms with E-state index in [2.05, 4.69) is 10.4 Å². The Morgan fingerprint density at radius 3 is 2.90 bits per heavy atom. The van der Waals surface area contributed by atoms with E-state index in [9.17, 15) is 4.79 Å². The van der Waals surface area contributed by atoms with Gasteiger partial charge >= 0.3 is 0 Å². The number of nitrogens with two attached hydrogens (primary N) is 1. The summed E-state index contributed by atoms with van der Waals surface area (Å²) >= 11 is 0. The van der Waals surface area contributed by atoms with Crippen molar-refractivity contribution in [3.05, 3.63) is 41.7 Å². The van der Waals surface area contributed by atoms with Crippen LogP contribution in [0.1, 0.15) is 22.5 Å². The quantitative estimate of drug-likeness (QED) is 0.849. The first-order chi connectivity index (χ1) is 10.2. The molecule has 1 heterocycles. The van der Waals surface area contributed by atoms with E-state index in [1.165, 1.54) is 0 Å². The molecule has 0 unspecified atom stereocenters. The van der Waals surface area contributed by atoms with E-state index in [0.29, 0.717) is 30.1 Å². The monoisotopic (exact) mass is 288 g/mol. The summed E-state index contributed by atoms with van der Waals surface area (Å²) in [6.45, 7) is 3.19. The third kappa shape index (κ3) is 3.41. The minimum Gasteiger partial charge on any atom is -0.495 e. The number of aromatic nitrogens is 2. The van der Waals surface area contributed by atoms with Gasteiger partial charge in [-0.1, -0.05) is 12.1 Å².